The minimum Gasteiger partial charge on any atom is -0.340 e. The molecule has 0 bridgehead atoms. The molecule has 18 heavy (non-hydrogen) atoms. The van der Waals surface area contributed by atoms with E-state index in [1.807, 2.05) is 0 Å². The highest BCUT2D eigenvalue weighted by atomic mass is 19.4. The SMILES string of the molecule is CC(N)CN(C)C(=O)c1ccc(C(F)(F)F)cc1. The number of nitrogens with two attached hydrogens (primary N) is 1. The molecule has 0 radical (unpaired) electrons. The number of likely N-dealkylation sites (N-methyl/N-ethyl adjacent to an activating group) is 1. The summed E-state index contributed by atoms with van der Waals surface area (Å²) in [6, 6.07) is 3.94. The Kier molecular flexibility index (Phi) is 4.34. The molecular weight excluding hydrogens is 245 g/mol. The molecule has 1 aromatic rings. The fraction of sp³-hybridized carbons (Fsp3) is 0.417. The number of hydrogen-bond donors (Lipinski definition) is 1. The zero-order valence-corrected chi connectivity index (χ0v) is 10.2. The molecule has 0 saturated heterocycles. The lowest BCUT2D eigenvalue weighted by Crippen LogP contribution is -2.36. The molecule has 0 aliphatic heterocycles. The number of rotatable bonds is 3. The van der Waals surface area contributed by atoms with E-state index in [-0.39, 0.29) is 17.5 Å². The average Bonchev–Trinajstić information content (AvgIpc) is 2.26. The van der Waals surface area contributed by atoms with Crippen molar-refractivity contribution >= 4 is 5.91 Å². The highest BCUT2D eigenvalue weighted by molar-refractivity contribution is 5.94. The first-order valence-electron chi connectivity index (χ1n) is 5.40. The van der Waals surface area contributed by atoms with E-state index in [2.05, 4.69) is 0 Å². The molecule has 1 rings (SSSR count). The first-order chi connectivity index (χ1) is 8.21. The van der Waals surface area contributed by atoms with E-state index in [1.165, 1.54) is 17.0 Å². The van der Waals surface area contributed by atoms with Crippen molar-refractivity contribution < 1.29 is 18.0 Å². The summed E-state index contributed by atoms with van der Waals surface area (Å²) < 4.78 is 37.0. The third-order valence-corrected chi connectivity index (χ3v) is 2.37. The molecule has 0 fully saturated rings. The Labute approximate surface area is 103 Å². The van der Waals surface area contributed by atoms with Crippen molar-refractivity contribution in [3.8, 4) is 0 Å². The molecular formula is C12H15F3N2O. The maximum atomic E-state index is 12.3. The van der Waals surface area contributed by atoms with Crippen molar-refractivity contribution in [3.63, 3.8) is 0 Å². The molecule has 1 atom stereocenters. The van der Waals surface area contributed by atoms with E-state index in [1.54, 1.807) is 14.0 Å². The first kappa shape index (κ1) is 14.5. The number of halogens is 3. The van der Waals surface area contributed by atoms with Crippen molar-refractivity contribution in [3.05, 3.63) is 35.4 Å². The van der Waals surface area contributed by atoms with Gasteiger partial charge in [0.1, 0.15) is 0 Å². The minimum atomic E-state index is -4.39. The van der Waals surface area contributed by atoms with Crippen LogP contribution in [0.15, 0.2) is 24.3 Å². The van der Waals surface area contributed by atoms with Gasteiger partial charge < -0.3 is 10.6 Å². The number of amides is 1. The molecule has 0 heterocycles. The molecule has 1 aromatic carbocycles. The van der Waals surface area contributed by atoms with Gasteiger partial charge in [-0.25, -0.2) is 0 Å². The van der Waals surface area contributed by atoms with E-state index in [9.17, 15) is 18.0 Å². The average molecular weight is 260 g/mol. The van der Waals surface area contributed by atoms with Gasteiger partial charge in [-0.1, -0.05) is 0 Å². The zero-order chi connectivity index (χ0) is 13.9. The Hall–Kier alpha value is -1.56. The van der Waals surface area contributed by atoms with Gasteiger partial charge in [-0.15, -0.1) is 0 Å². The quantitative estimate of drug-likeness (QED) is 0.904. The second kappa shape index (κ2) is 5.39. The molecule has 2 N–H and O–H groups in total. The summed E-state index contributed by atoms with van der Waals surface area (Å²) in [5.74, 6) is -0.346. The summed E-state index contributed by atoms with van der Waals surface area (Å²) in [6.45, 7) is 2.09. The molecule has 3 nitrogen and oxygen atoms in total. The maximum absolute atomic E-state index is 12.3. The second-order valence-electron chi connectivity index (χ2n) is 4.24. The number of nitrogens with zero attached hydrogens (tertiary/aromatic N) is 1. The van der Waals surface area contributed by atoms with E-state index in [4.69, 9.17) is 5.73 Å². The fourth-order valence-corrected chi connectivity index (χ4v) is 1.54. The normalized spacial score (nSPS) is 13.2. The molecule has 1 unspecified atom stereocenters. The topological polar surface area (TPSA) is 46.3 Å². The van der Waals surface area contributed by atoms with Crippen LogP contribution in [0.1, 0.15) is 22.8 Å². The Morgan fingerprint density at radius 3 is 2.22 bits per heavy atom. The van der Waals surface area contributed by atoms with Gasteiger partial charge in [-0.3, -0.25) is 4.79 Å². The Morgan fingerprint density at radius 1 is 1.33 bits per heavy atom. The van der Waals surface area contributed by atoms with E-state index in [0.717, 1.165) is 12.1 Å². The third-order valence-electron chi connectivity index (χ3n) is 2.37. The van der Waals surface area contributed by atoms with Crippen molar-refractivity contribution in [1.82, 2.24) is 4.90 Å². The number of benzene rings is 1. The summed E-state index contributed by atoms with van der Waals surface area (Å²) in [4.78, 5) is 13.2. The van der Waals surface area contributed by atoms with Crippen molar-refractivity contribution in [2.75, 3.05) is 13.6 Å². The van der Waals surface area contributed by atoms with Gasteiger partial charge >= 0.3 is 6.18 Å². The van der Waals surface area contributed by atoms with Gasteiger partial charge in [0.25, 0.3) is 5.91 Å². The smallest absolute Gasteiger partial charge is 0.340 e. The standard InChI is InChI=1S/C12H15F3N2O/c1-8(16)7-17(2)11(18)9-3-5-10(6-4-9)12(13,14)15/h3-6,8H,7,16H2,1-2H3. The summed E-state index contributed by atoms with van der Waals surface area (Å²) in [6.07, 6.45) is -4.39. The Balaban J connectivity index is 2.82. The van der Waals surface area contributed by atoms with E-state index >= 15 is 0 Å². The van der Waals surface area contributed by atoms with Gasteiger partial charge in [0.2, 0.25) is 0 Å². The number of alkyl halides is 3. The zero-order valence-electron chi connectivity index (χ0n) is 10.2. The van der Waals surface area contributed by atoms with Crippen LogP contribution in [0.25, 0.3) is 0 Å². The van der Waals surface area contributed by atoms with Crippen LogP contribution in [-0.2, 0) is 6.18 Å². The first-order valence-corrected chi connectivity index (χ1v) is 5.40. The van der Waals surface area contributed by atoms with Crippen LogP contribution in [0.2, 0.25) is 0 Å². The Morgan fingerprint density at radius 2 is 1.83 bits per heavy atom. The second-order valence-corrected chi connectivity index (χ2v) is 4.24. The van der Waals surface area contributed by atoms with Gasteiger partial charge in [-0.2, -0.15) is 13.2 Å². The molecule has 0 aromatic heterocycles. The summed E-state index contributed by atoms with van der Waals surface area (Å²) in [7, 11) is 1.56. The molecule has 0 aliphatic rings. The molecule has 1 amide bonds. The van der Waals surface area contributed by atoms with Gasteiger partial charge in [0.05, 0.1) is 5.56 Å². The maximum Gasteiger partial charge on any atom is 0.416 e. The van der Waals surface area contributed by atoms with Crippen LogP contribution < -0.4 is 5.73 Å². The van der Waals surface area contributed by atoms with Crippen molar-refractivity contribution in [1.29, 1.82) is 0 Å². The molecule has 0 saturated carbocycles. The number of hydrogen-bond acceptors (Lipinski definition) is 2. The molecule has 0 spiro atoms. The molecule has 100 valence electrons. The van der Waals surface area contributed by atoms with Gasteiger partial charge in [-0.05, 0) is 31.2 Å². The van der Waals surface area contributed by atoms with Gasteiger partial charge in [0.15, 0.2) is 0 Å². The van der Waals surface area contributed by atoms with Crippen LogP contribution >= 0.6 is 0 Å². The highest BCUT2D eigenvalue weighted by Crippen LogP contribution is 2.29. The van der Waals surface area contributed by atoms with Crippen LogP contribution in [0, 0.1) is 0 Å². The highest BCUT2D eigenvalue weighted by Gasteiger charge is 2.30. The molecule has 0 aliphatic carbocycles. The summed E-state index contributed by atoms with van der Waals surface area (Å²) >= 11 is 0. The summed E-state index contributed by atoms with van der Waals surface area (Å²) in [5.41, 5.74) is 4.99. The lowest BCUT2D eigenvalue weighted by molar-refractivity contribution is -0.137. The largest absolute Gasteiger partial charge is 0.416 e. The van der Waals surface area contributed by atoms with Crippen LogP contribution in [0.5, 0.6) is 0 Å². The predicted molar refractivity (Wildman–Crippen MR) is 62.1 cm³/mol. The van der Waals surface area contributed by atoms with Crippen molar-refractivity contribution in [2.24, 2.45) is 5.73 Å². The predicted octanol–water partition coefficient (Wildman–Crippen LogP) is 2.12. The van der Waals surface area contributed by atoms with Crippen molar-refractivity contribution in [2.45, 2.75) is 19.1 Å². The number of carbonyl (C=O) groups is 1. The lowest BCUT2D eigenvalue weighted by Gasteiger charge is -2.19. The molecule has 6 heteroatoms. The van der Waals surface area contributed by atoms with Crippen LogP contribution in [0.4, 0.5) is 13.2 Å². The van der Waals surface area contributed by atoms with Crippen LogP contribution in [-0.4, -0.2) is 30.4 Å². The summed E-state index contributed by atoms with van der Waals surface area (Å²) in [5, 5.41) is 0. The fourth-order valence-electron chi connectivity index (χ4n) is 1.54. The van der Waals surface area contributed by atoms with E-state index < -0.39 is 11.7 Å². The monoisotopic (exact) mass is 260 g/mol. The van der Waals surface area contributed by atoms with Crippen LogP contribution in [0.3, 0.4) is 0 Å². The Bertz CT molecular complexity index is 412. The number of carbonyl (C=O) groups excluding carboxylic acids is 1. The third kappa shape index (κ3) is 3.73. The van der Waals surface area contributed by atoms with Gasteiger partial charge in [0, 0.05) is 25.2 Å². The minimum absolute atomic E-state index is 0.187. The van der Waals surface area contributed by atoms with E-state index in [0.29, 0.717) is 6.54 Å². The lowest BCUT2D eigenvalue weighted by atomic mass is 10.1.